The van der Waals surface area contributed by atoms with Gasteiger partial charge >= 0.3 is 17.8 Å². The lowest BCUT2D eigenvalue weighted by molar-refractivity contribution is -0.163. The molecule has 2 N–H and O–H groups in total. The lowest BCUT2D eigenvalue weighted by Gasteiger charge is -2.40. The van der Waals surface area contributed by atoms with Gasteiger partial charge in [0.25, 0.3) is 0 Å². The molecule has 0 spiro atoms. The minimum atomic E-state index is -0.789. The van der Waals surface area contributed by atoms with Crippen LogP contribution < -0.4 is 15.6 Å². The van der Waals surface area contributed by atoms with Gasteiger partial charge in [-0.2, -0.15) is 5.43 Å². The van der Waals surface area contributed by atoms with Gasteiger partial charge in [-0.1, -0.05) is 18.2 Å². The normalized spacial score (nSPS) is 18.1. The molecule has 1 atom stereocenters. The predicted octanol–water partition coefficient (Wildman–Crippen LogP) is 0.391. The Morgan fingerprint density at radius 2 is 1.68 bits per heavy atom. The van der Waals surface area contributed by atoms with Crippen LogP contribution in [0.4, 0.5) is 11.4 Å². The van der Waals surface area contributed by atoms with Gasteiger partial charge in [0.15, 0.2) is 6.29 Å². The molecule has 0 aliphatic carbocycles. The first-order valence-electron chi connectivity index (χ1n) is 9.66. The van der Waals surface area contributed by atoms with Crippen LogP contribution in [-0.4, -0.2) is 66.6 Å². The van der Waals surface area contributed by atoms with Crippen molar-refractivity contribution in [2.24, 2.45) is 0 Å². The number of fused-ring (bicyclic) bond motifs is 1. The van der Waals surface area contributed by atoms with Crippen LogP contribution in [0.15, 0.2) is 54.6 Å². The van der Waals surface area contributed by atoms with Gasteiger partial charge in [-0.3, -0.25) is 24.3 Å². The Hall–Kier alpha value is -3.92. The fourth-order valence-electron chi connectivity index (χ4n) is 3.58. The van der Waals surface area contributed by atoms with Crippen molar-refractivity contribution < 1.29 is 23.9 Å². The third-order valence-corrected chi connectivity index (χ3v) is 5.11. The molecule has 2 heterocycles. The number of amides is 3. The maximum atomic E-state index is 12.6. The molecule has 10 heteroatoms. The van der Waals surface area contributed by atoms with Crippen LogP contribution in [0.5, 0.6) is 0 Å². The topological polar surface area (TPSA) is 111 Å². The summed E-state index contributed by atoms with van der Waals surface area (Å²) in [6.07, 6.45) is -0.556. The molecule has 10 nitrogen and oxygen atoms in total. The summed E-state index contributed by atoms with van der Waals surface area (Å²) in [4.78, 5) is 52.4. The number of hydrazine groups is 1. The molecule has 4 rings (SSSR count). The lowest BCUT2D eigenvalue weighted by atomic mass is 10.2. The van der Waals surface area contributed by atoms with Gasteiger partial charge in [-0.25, -0.2) is 4.79 Å². The molecule has 3 amide bonds. The van der Waals surface area contributed by atoms with E-state index in [9.17, 15) is 19.2 Å². The molecule has 2 aliphatic heterocycles. The zero-order valence-corrected chi connectivity index (χ0v) is 16.8. The van der Waals surface area contributed by atoms with E-state index >= 15 is 0 Å². The highest BCUT2D eigenvalue weighted by Gasteiger charge is 2.45. The summed E-state index contributed by atoms with van der Waals surface area (Å²) in [5.41, 5.74) is 4.68. The first-order valence-corrected chi connectivity index (χ1v) is 9.66. The van der Waals surface area contributed by atoms with E-state index in [4.69, 9.17) is 0 Å². The van der Waals surface area contributed by atoms with Crippen LogP contribution in [0.3, 0.4) is 0 Å². The van der Waals surface area contributed by atoms with Crippen LogP contribution in [0, 0.1) is 0 Å². The van der Waals surface area contributed by atoms with Gasteiger partial charge in [0, 0.05) is 24.5 Å². The summed E-state index contributed by atoms with van der Waals surface area (Å²) >= 11 is 0. The number of carbonyl (C=O) groups excluding carboxylic acids is 4. The SMILES string of the molecule is COC(=O)c1ccc(NC(=O)CN2NC3N(CCN3c3ccccc3)C(=O)C2=O)cc1. The number of benzene rings is 2. The van der Waals surface area contributed by atoms with Crippen LogP contribution in [0.1, 0.15) is 10.4 Å². The summed E-state index contributed by atoms with van der Waals surface area (Å²) in [6.45, 7) is 0.618. The van der Waals surface area contributed by atoms with Gasteiger partial charge in [-0.05, 0) is 36.4 Å². The maximum Gasteiger partial charge on any atom is 0.337 e. The molecule has 0 bridgehead atoms. The van der Waals surface area contributed by atoms with Crippen molar-refractivity contribution in [2.75, 3.05) is 37.0 Å². The Morgan fingerprint density at radius 3 is 2.35 bits per heavy atom. The van der Waals surface area contributed by atoms with Crippen molar-refractivity contribution in [3.05, 3.63) is 60.2 Å². The van der Waals surface area contributed by atoms with E-state index in [-0.39, 0.29) is 6.54 Å². The molecular weight excluding hydrogens is 402 g/mol. The Morgan fingerprint density at radius 1 is 1.00 bits per heavy atom. The van der Waals surface area contributed by atoms with Crippen molar-refractivity contribution in [1.29, 1.82) is 0 Å². The predicted molar refractivity (Wildman–Crippen MR) is 111 cm³/mol. The van der Waals surface area contributed by atoms with Crippen LogP contribution in [0.25, 0.3) is 0 Å². The second-order valence-corrected chi connectivity index (χ2v) is 7.04. The third kappa shape index (κ3) is 4.05. The van der Waals surface area contributed by atoms with Gasteiger partial charge in [0.05, 0.1) is 12.7 Å². The number of anilines is 2. The molecule has 2 aromatic carbocycles. The van der Waals surface area contributed by atoms with E-state index in [1.807, 2.05) is 35.2 Å². The van der Waals surface area contributed by atoms with E-state index in [1.165, 1.54) is 24.1 Å². The molecule has 0 aromatic heterocycles. The Balaban J connectivity index is 1.43. The molecule has 0 saturated carbocycles. The second kappa shape index (κ2) is 8.44. The van der Waals surface area contributed by atoms with Crippen molar-refractivity contribution in [3.63, 3.8) is 0 Å². The third-order valence-electron chi connectivity index (χ3n) is 5.11. The van der Waals surface area contributed by atoms with Crippen LogP contribution >= 0.6 is 0 Å². The van der Waals surface area contributed by atoms with Gasteiger partial charge < -0.3 is 15.0 Å². The molecule has 2 aromatic rings. The highest BCUT2D eigenvalue weighted by molar-refractivity contribution is 6.35. The highest BCUT2D eigenvalue weighted by Crippen LogP contribution is 2.24. The number of ether oxygens (including phenoxy) is 1. The molecular formula is C21H21N5O5. The number of hydrogen-bond acceptors (Lipinski definition) is 7. The number of hydrogen-bond donors (Lipinski definition) is 2. The van der Waals surface area contributed by atoms with E-state index < -0.39 is 30.0 Å². The summed E-state index contributed by atoms with van der Waals surface area (Å²) in [6, 6.07) is 15.7. The van der Waals surface area contributed by atoms with Crippen molar-refractivity contribution in [3.8, 4) is 0 Å². The number of para-hydroxylation sites is 1. The fraction of sp³-hybridized carbons (Fsp3) is 0.238. The number of esters is 1. The molecule has 2 aliphatic rings. The zero-order valence-electron chi connectivity index (χ0n) is 16.8. The smallest absolute Gasteiger partial charge is 0.337 e. The number of methoxy groups -OCH3 is 1. The molecule has 0 radical (unpaired) electrons. The minimum Gasteiger partial charge on any atom is -0.465 e. The van der Waals surface area contributed by atoms with E-state index in [1.54, 1.807) is 12.1 Å². The fourth-order valence-corrected chi connectivity index (χ4v) is 3.58. The summed E-state index contributed by atoms with van der Waals surface area (Å²) in [5, 5.41) is 3.68. The van der Waals surface area contributed by atoms with E-state index in [2.05, 4.69) is 15.5 Å². The monoisotopic (exact) mass is 423 g/mol. The van der Waals surface area contributed by atoms with Gasteiger partial charge in [-0.15, -0.1) is 0 Å². The average Bonchev–Trinajstić information content (AvgIpc) is 3.21. The van der Waals surface area contributed by atoms with Crippen LogP contribution in [0.2, 0.25) is 0 Å². The van der Waals surface area contributed by atoms with Gasteiger partial charge in [0.1, 0.15) is 6.54 Å². The molecule has 1 unspecified atom stereocenters. The van der Waals surface area contributed by atoms with Crippen molar-refractivity contribution >= 4 is 35.1 Å². The quantitative estimate of drug-likeness (QED) is 0.529. The summed E-state index contributed by atoms with van der Waals surface area (Å²) in [5.74, 6) is -2.42. The largest absolute Gasteiger partial charge is 0.465 e. The van der Waals surface area contributed by atoms with Crippen molar-refractivity contribution in [2.45, 2.75) is 6.29 Å². The first kappa shape index (κ1) is 20.4. The number of carbonyl (C=O) groups is 4. The summed E-state index contributed by atoms with van der Waals surface area (Å²) in [7, 11) is 1.28. The lowest BCUT2D eigenvalue weighted by Crippen LogP contribution is -2.68. The number of nitrogens with one attached hydrogen (secondary N) is 2. The van der Waals surface area contributed by atoms with E-state index in [0.717, 1.165) is 10.7 Å². The van der Waals surface area contributed by atoms with Crippen molar-refractivity contribution in [1.82, 2.24) is 15.3 Å². The maximum absolute atomic E-state index is 12.6. The number of nitrogens with zero attached hydrogens (tertiary/aromatic N) is 3. The molecule has 160 valence electrons. The Bertz CT molecular complexity index is 1010. The van der Waals surface area contributed by atoms with Crippen LogP contribution in [-0.2, 0) is 19.1 Å². The second-order valence-electron chi connectivity index (χ2n) is 7.04. The average molecular weight is 423 g/mol. The Kier molecular flexibility index (Phi) is 5.54. The zero-order chi connectivity index (χ0) is 22.0. The number of rotatable bonds is 5. The molecule has 2 fully saturated rings. The molecule has 31 heavy (non-hydrogen) atoms. The highest BCUT2D eigenvalue weighted by atomic mass is 16.5. The van der Waals surface area contributed by atoms with Gasteiger partial charge in [0.2, 0.25) is 5.91 Å². The Labute approximate surface area is 178 Å². The standard InChI is InChI=1S/C21H21N5O5/c1-31-20(30)14-7-9-15(10-8-14)22-17(27)13-26-19(29)18(28)25-12-11-24(21(25)23-26)16-5-3-2-4-6-16/h2-10,21,23H,11-13H2,1H3,(H,22,27). The first-order chi connectivity index (χ1) is 15.0. The molecule has 2 saturated heterocycles. The van der Waals surface area contributed by atoms with E-state index in [0.29, 0.717) is 24.3 Å². The minimum absolute atomic E-state index is 0.348. The summed E-state index contributed by atoms with van der Waals surface area (Å²) < 4.78 is 4.64.